The van der Waals surface area contributed by atoms with Crippen molar-refractivity contribution < 1.29 is 8.42 Å². The van der Waals surface area contributed by atoms with E-state index >= 15 is 0 Å². The zero-order chi connectivity index (χ0) is 17.6. The molecule has 0 bridgehead atoms. The molecule has 1 heterocycles. The summed E-state index contributed by atoms with van der Waals surface area (Å²) in [5.74, 6) is -0.121. The molecule has 1 aliphatic rings. The average molecular weight is 393 g/mol. The van der Waals surface area contributed by atoms with Gasteiger partial charge in [0.25, 0.3) is 0 Å². The van der Waals surface area contributed by atoms with Gasteiger partial charge >= 0.3 is 0 Å². The van der Waals surface area contributed by atoms with Crippen LogP contribution in [0.1, 0.15) is 44.6 Å². The summed E-state index contributed by atoms with van der Waals surface area (Å²) in [6.07, 6.45) is 5.81. The number of nitrogens with zero attached hydrogens (tertiary/aromatic N) is 1. The van der Waals surface area contributed by atoms with Crippen LogP contribution in [0.15, 0.2) is 18.2 Å². The van der Waals surface area contributed by atoms with Crippen molar-refractivity contribution in [3.8, 4) is 0 Å². The van der Waals surface area contributed by atoms with E-state index < -0.39 is 10.0 Å². The molecule has 0 spiro atoms. The second-order valence-corrected chi connectivity index (χ2v) is 8.99. The summed E-state index contributed by atoms with van der Waals surface area (Å²) in [4.78, 5) is 2.49. The van der Waals surface area contributed by atoms with Crippen LogP contribution in [0, 0.1) is 0 Å². The van der Waals surface area contributed by atoms with Gasteiger partial charge in [0.15, 0.2) is 0 Å². The quantitative estimate of drug-likeness (QED) is 0.678. The standard InChI is InChI=1S/C17H26Cl2N2O2S/c1-2-16-6-3-4-10-21(16)11-5-9-20-24(22,23)13-14-7-8-15(18)12-17(14)19/h7-8,12,16,20H,2-6,9-11,13H2,1H3. The van der Waals surface area contributed by atoms with Crippen molar-refractivity contribution in [2.45, 2.75) is 50.8 Å². The van der Waals surface area contributed by atoms with Gasteiger partial charge in [0.2, 0.25) is 10.0 Å². The fourth-order valence-electron chi connectivity index (χ4n) is 3.22. The van der Waals surface area contributed by atoms with Crippen LogP contribution in [-0.4, -0.2) is 39.0 Å². The van der Waals surface area contributed by atoms with Crippen molar-refractivity contribution in [1.82, 2.24) is 9.62 Å². The molecule has 1 atom stereocenters. The Hall–Kier alpha value is -0.330. The van der Waals surface area contributed by atoms with Crippen LogP contribution in [0.2, 0.25) is 10.0 Å². The Morgan fingerprint density at radius 3 is 2.79 bits per heavy atom. The molecule has 2 rings (SSSR count). The molecule has 0 radical (unpaired) electrons. The molecule has 4 nitrogen and oxygen atoms in total. The van der Waals surface area contributed by atoms with Gasteiger partial charge in [0.05, 0.1) is 5.75 Å². The highest BCUT2D eigenvalue weighted by atomic mass is 35.5. The first-order valence-electron chi connectivity index (χ1n) is 8.56. The van der Waals surface area contributed by atoms with Gasteiger partial charge in [-0.05, 0) is 56.5 Å². The number of piperidine rings is 1. The lowest BCUT2D eigenvalue weighted by Crippen LogP contribution is -2.40. The van der Waals surface area contributed by atoms with Crippen LogP contribution < -0.4 is 4.72 Å². The van der Waals surface area contributed by atoms with E-state index in [2.05, 4.69) is 16.5 Å². The molecular formula is C17H26Cl2N2O2S. The number of sulfonamides is 1. The number of rotatable bonds is 8. The van der Waals surface area contributed by atoms with E-state index in [1.165, 1.54) is 25.7 Å². The summed E-state index contributed by atoms with van der Waals surface area (Å²) in [7, 11) is -3.39. The number of nitrogens with one attached hydrogen (secondary N) is 1. The summed E-state index contributed by atoms with van der Waals surface area (Å²) in [6, 6.07) is 5.53. The van der Waals surface area contributed by atoms with Crippen LogP contribution in [-0.2, 0) is 15.8 Å². The van der Waals surface area contributed by atoms with Gasteiger partial charge in [-0.25, -0.2) is 13.1 Å². The van der Waals surface area contributed by atoms with Crippen LogP contribution in [0.4, 0.5) is 0 Å². The number of likely N-dealkylation sites (tertiary alicyclic amines) is 1. The molecule has 24 heavy (non-hydrogen) atoms. The van der Waals surface area contributed by atoms with Crippen LogP contribution in [0.25, 0.3) is 0 Å². The summed E-state index contributed by atoms with van der Waals surface area (Å²) >= 11 is 11.9. The second-order valence-electron chi connectivity index (χ2n) is 6.34. The molecule has 1 N–H and O–H groups in total. The number of hydrogen-bond donors (Lipinski definition) is 1. The maximum absolute atomic E-state index is 12.2. The first-order chi connectivity index (χ1) is 11.4. The SMILES string of the molecule is CCC1CCCCN1CCCNS(=O)(=O)Cc1ccc(Cl)cc1Cl. The van der Waals surface area contributed by atoms with E-state index in [1.54, 1.807) is 18.2 Å². The van der Waals surface area contributed by atoms with Gasteiger partial charge in [0, 0.05) is 22.6 Å². The Balaban J connectivity index is 1.78. The molecule has 0 amide bonds. The first-order valence-corrected chi connectivity index (χ1v) is 11.0. The minimum Gasteiger partial charge on any atom is -0.300 e. The number of halogens is 2. The fraction of sp³-hybridized carbons (Fsp3) is 0.647. The summed E-state index contributed by atoms with van der Waals surface area (Å²) in [5.41, 5.74) is 0.565. The van der Waals surface area contributed by atoms with Crippen molar-refractivity contribution in [1.29, 1.82) is 0 Å². The third kappa shape index (κ3) is 6.19. The monoisotopic (exact) mass is 392 g/mol. The molecule has 0 aliphatic carbocycles. The lowest BCUT2D eigenvalue weighted by molar-refractivity contribution is 0.143. The molecule has 136 valence electrons. The Bertz CT molecular complexity index is 637. The Labute approximate surface area is 155 Å². The minimum atomic E-state index is -3.39. The zero-order valence-corrected chi connectivity index (χ0v) is 16.4. The van der Waals surface area contributed by atoms with Gasteiger partial charge in [0.1, 0.15) is 0 Å². The fourth-order valence-corrected chi connectivity index (χ4v) is 4.99. The molecule has 0 aromatic heterocycles. The molecule has 1 aliphatic heterocycles. The van der Waals surface area contributed by atoms with E-state index in [0.717, 1.165) is 19.5 Å². The Morgan fingerprint density at radius 2 is 2.08 bits per heavy atom. The van der Waals surface area contributed by atoms with Crippen LogP contribution >= 0.6 is 23.2 Å². The van der Waals surface area contributed by atoms with Crippen molar-refractivity contribution in [2.24, 2.45) is 0 Å². The second kappa shape index (κ2) is 9.39. The third-order valence-electron chi connectivity index (χ3n) is 4.53. The van der Waals surface area contributed by atoms with Crippen LogP contribution in [0.5, 0.6) is 0 Å². The van der Waals surface area contributed by atoms with Gasteiger partial charge in [-0.1, -0.05) is 42.6 Å². The molecule has 7 heteroatoms. The van der Waals surface area contributed by atoms with E-state index in [-0.39, 0.29) is 5.75 Å². The van der Waals surface area contributed by atoms with Gasteiger partial charge < -0.3 is 4.90 Å². The maximum atomic E-state index is 12.2. The molecule has 1 fully saturated rings. The van der Waals surface area contributed by atoms with Crippen LogP contribution in [0.3, 0.4) is 0 Å². The van der Waals surface area contributed by atoms with E-state index in [4.69, 9.17) is 23.2 Å². The Morgan fingerprint density at radius 1 is 1.29 bits per heavy atom. The van der Waals surface area contributed by atoms with Crippen molar-refractivity contribution in [3.63, 3.8) is 0 Å². The van der Waals surface area contributed by atoms with Gasteiger partial charge in [-0.2, -0.15) is 0 Å². The largest absolute Gasteiger partial charge is 0.300 e. The summed E-state index contributed by atoms with van der Waals surface area (Å²) in [5, 5.41) is 0.882. The van der Waals surface area contributed by atoms with E-state index in [0.29, 0.717) is 28.2 Å². The topological polar surface area (TPSA) is 49.4 Å². The molecule has 1 aromatic carbocycles. The van der Waals surface area contributed by atoms with E-state index in [1.807, 2.05) is 0 Å². The third-order valence-corrected chi connectivity index (χ3v) is 6.45. The van der Waals surface area contributed by atoms with Crippen molar-refractivity contribution in [2.75, 3.05) is 19.6 Å². The Kier molecular flexibility index (Phi) is 7.82. The smallest absolute Gasteiger partial charge is 0.215 e. The number of hydrogen-bond acceptors (Lipinski definition) is 3. The number of benzene rings is 1. The highest BCUT2D eigenvalue weighted by Crippen LogP contribution is 2.22. The molecule has 1 unspecified atom stereocenters. The molecule has 0 saturated carbocycles. The van der Waals surface area contributed by atoms with E-state index in [9.17, 15) is 8.42 Å². The predicted octanol–water partition coefficient (Wildman–Crippen LogP) is 4.07. The molecule has 1 aromatic rings. The molecule has 1 saturated heterocycles. The maximum Gasteiger partial charge on any atom is 0.215 e. The molecular weight excluding hydrogens is 367 g/mol. The van der Waals surface area contributed by atoms with Gasteiger partial charge in [-0.15, -0.1) is 0 Å². The highest BCUT2D eigenvalue weighted by Gasteiger charge is 2.20. The van der Waals surface area contributed by atoms with Crippen molar-refractivity contribution >= 4 is 33.2 Å². The highest BCUT2D eigenvalue weighted by molar-refractivity contribution is 7.88. The lowest BCUT2D eigenvalue weighted by atomic mass is 10.00. The lowest BCUT2D eigenvalue weighted by Gasteiger charge is -2.35. The van der Waals surface area contributed by atoms with Gasteiger partial charge in [-0.3, -0.25) is 0 Å². The minimum absolute atomic E-state index is 0.121. The zero-order valence-electron chi connectivity index (χ0n) is 14.1. The van der Waals surface area contributed by atoms with Crippen molar-refractivity contribution in [3.05, 3.63) is 33.8 Å². The predicted molar refractivity (Wildman–Crippen MR) is 101 cm³/mol. The normalized spacial score (nSPS) is 19.5. The summed E-state index contributed by atoms with van der Waals surface area (Å²) < 4.78 is 27.1. The average Bonchev–Trinajstić information content (AvgIpc) is 2.54. The summed E-state index contributed by atoms with van der Waals surface area (Å²) in [6.45, 7) is 4.76. The first kappa shape index (κ1) is 20.0.